The Morgan fingerprint density at radius 2 is 1.42 bits per heavy atom. The fraction of sp³-hybridized carbons (Fsp3) is 0.105. The summed E-state index contributed by atoms with van der Waals surface area (Å²) >= 11 is 0. The second kappa shape index (κ2) is 5.54. The largest absolute Gasteiger partial charge is 0.337 e. The maximum absolute atomic E-state index is 12.7. The van der Waals surface area contributed by atoms with Gasteiger partial charge in [-0.2, -0.15) is 0 Å². The van der Waals surface area contributed by atoms with Crippen LogP contribution in [0.25, 0.3) is 0 Å². The number of nitrogens with zero attached hydrogens (tertiary/aromatic N) is 2. The molecule has 1 aromatic carbocycles. The molecule has 0 aliphatic carbocycles. The molecule has 1 amide bonds. The average molecular weight is 316 g/mol. The Morgan fingerprint density at radius 1 is 0.875 bits per heavy atom. The number of amides is 1. The number of hydrogen-bond donors (Lipinski definition) is 2. The van der Waals surface area contributed by atoms with E-state index in [0.29, 0.717) is 0 Å². The highest BCUT2D eigenvalue weighted by molar-refractivity contribution is 5.88. The van der Waals surface area contributed by atoms with E-state index < -0.39 is 11.6 Å². The molecular formula is C19H16N4O. The molecule has 0 saturated carbocycles. The number of benzene rings is 1. The number of nitrogens with two attached hydrogens (primary N) is 1. The normalized spacial score (nSPS) is 18.5. The van der Waals surface area contributed by atoms with Gasteiger partial charge in [-0.3, -0.25) is 14.8 Å². The van der Waals surface area contributed by atoms with Crippen LogP contribution in [-0.4, -0.2) is 15.9 Å². The minimum atomic E-state index is -0.810. The maximum Gasteiger partial charge on any atom is 0.242 e. The predicted molar refractivity (Wildman–Crippen MR) is 89.9 cm³/mol. The SMILES string of the molecule is NC1C(=O)NC(c2ccncc2)(c2ccncc2)c2ccccc21. The molecule has 5 nitrogen and oxygen atoms in total. The van der Waals surface area contributed by atoms with Gasteiger partial charge in [0.25, 0.3) is 0 Å². The van der Waals surface area contributed by atoms with E-state index in [1.807, 2.05) is 48.5 Å². The first-order valence-electron chi connectivity index (χ1n) is 7.71. The molecule has 118 valence electrons. The predicted octanol–water partition coefficient (Wildman–Crippen LogP) is 1.90. The quantitative estimate of drug-likeness (QED) is 0.756. The van der Waals surface area contributed by atoms with E-state index in [2.05, 4.69) is 15.3 Å². The lowest BCUT2D eigenvalue weighted by atomic mass is 9.72. The Labute approximate surface area is 139 Å². The number of carbonyl (C=O) groups excluding carboxylic acids is 1. The van der Waals surface area contributed by atoms with Crippen molar-refractivity contribution < 1.29 is 4.79 Å². The fourth-order valence-electron chi connectivity index (χ4n) is 3.41. The second-order valence-electron chi connectivity index (χ2n) is 5.78. The molecule has 3 N–H and O–H groups in total. The lowest BCUT2D eigenvalue weighted by Gasteiger charge is -2.42. The summed E-state index contributed by atoms with van der Waals surface area (Å²) < 4.78 is 0. The standard InChI is InChI=1S/C19H16N4O/c20-17-15-3-1-2-4-16(15)19(23-18(17)24,13-5-9-21-10-6-13)14-7-11-22-12-8-14/h1-12,17H,20H2,(H,23,24). The van der Waals surface area contributed by atoms with Crippen LogP contribution in [0.1, 0.15) is 28.3 Å². The molecule has 0 bridgehead atoms. The van der Waals surface area contributed by atoms with Crippen LogP contribution >= 0.6 is 0 Å². The van der Waals surface area contributed by atoms with Crippen LogP contribution in [-0.2, 0) is 10.3 Å². The highest BCUT2D eigenvalue weighted by Gasteiger charge is 2.45. The van der Waals surface area contributed by atoms with Crippen molar-refractivity contribution in [1.82, 2.24) is 15.3 Å². The minimum absolute atomic E-state index is 0.206. The average Bonchev–Trinajstić information content (AvgIpc) is 2.66. The molecule has 1 atom stereocenters. The number of hydrogen-bond acceptors (Lipinski definition) is 4. The van der Waals surface area contributed by atoms with Crippen molar-refractivity contribution in [2.24, 2.45) is 5.73 Å². The highest BCUT2D eigenvalue weighted by atomic mass is 16.2. The van der Waals surface area contributed by atoms with Gasteiger partial charge in [0.1, 0.15) is 11.6 Å². The number of pyridine rings is 2. The highest BCUT2D eigenvalue weighted by Crippen LogP contribution is 2.42. The van der Waals surface area contributed by atoms with Gasteiger partial charge in [0, 0.05) is 24.8 Å². The van der Waals surface area contributed by atoms with Gasteiger partial charge < -0.3 is 11.1 Å². The van der Waals surface area contributed by atoms with Crippen LogP contribution in [0.3, 0.4) is 0 Å². The Balaban J connectivity index is 2.09. The first-order valence-corrected chi connectivity index (χ1v) is 7.71. The summed E-state index contributed by atoms with van der Waals surface area (Å²) in [7, 11) is 0. The van der Waals surface area contributed by atoms with Gasteiger partial charge in [-0.25, -0.2) is 0 Å². The van der Waals surface area contributed by atoms with E-state index in [1.165, 1.54) is 0 Å². The van der Waals surface area contributed by atoms with Crippen molar-refractivity contribution in [3.8, 4) is 0 Å². The Bertz CT molecular complexity index is 841. The van der Waals surface area contributed by atoms with E-state index in [-0.39, 0.29) is 5.91 Å². The van der Waals surface area contributed by atoms with E-state index in [1.54, 1.807) is 24.8 Å². The van der Waals surface area contributed by atoms with Crippen LogP contribution < -0.4 is 11.1 Å². The Kier molecular flexibility index (Phi) is 3.36. The number of fused-ring (bicyclic) bond motifs is 1. The van der Waals surface area contributed by atoms with Gasteiger partial charge in [0.2, 0.25) is 5.91 Å². The third-order valence-electron chi connectivity index (χ3n) is 4.52. The summed E-state index contributed by atoms with van der Waals surface area (Å²) in [6, 6.07) is 14.7. The number of aromatic nitrogens is 2. The molecule has 0 radical (unpaired) electrons. The zero-order valence-corrected chi connectivity index (χ0v) is 12.9. The van der Waals surface area contributed by atoms with Gasteiger partial charge in [0.05, 0.1) is 0 Å². The molecule has 0 fully saturated rings. The van der Waals surface area contributed by atoms with Gasteiger partial charge in [-0.15, -0.1) is 0 Å². The molecule has 5 heteroatoms. The zero-order chi connectivity index (χ0) is 16.6. The second-order valence-corrected chi connectivity index (χ2v) is 5.78. The molecule has 1 aliphatic heterocycles. The molecule has 1 unspecified atom stereocenters. The monoisotopic (exact) mass is 316 g/mol. The van der Waals surface area contributed by atoms with Crippen molar-refractivity contribution in [2.45, 2.75) is 11.6 Å². The third kappa shape index (κ3) is 2.02. The van der Waals surface area contributed by atoms with Crippen LogP contribution in [0, 0.1) is 0 Å². The molecule has 3 heterocycles. The van der Waals surface area contributed by atoms with Gasteiger partial charge in [-0.05, 0) is 46.5 Å². The molecule has 24 heavy (non-hydrogen) atoms. The summed E-state index contributed by atoms with van der Waals surface area (Å²) in [5, 5.41) is 3.15. The molecule has 1 aliphatic rings. The van der Waals surface area contributed by atoms with Gasteiger partial charge >= 0.3 is 0 Å². The molecule has 2 aromatic heterocycles. The first-order chi connectivity index (χ1) is 11.7. The number of nitrogens with one attached hydrogen (secondary N) is 1. The van der Waals surface area contributed by atoms with Crippen LogP contribution in [0.4, 0.5) is 0 Å². The Morgan fingerprint density at radius 3 is 2.00 bits per heavy atom. The molecule has 0 saturated heterocycles. The van der Waals surface area contributed by atoms with E-state index in [0.717, 1.165) is 22.3 Å². The fourth-order valence-corrected chi connectivity index (χ4v) is 3.41. The third-order valence-corrected chi connectivity index (χ3v) is 4.52. The summed E-state index contributed by atoms with van der Waals surface area (Å²) in [5.41, 5.74) is 8.97. The summed E-state index contributed by atoms with van der Waals surface area (Å²) in [6.45, 7) is 0. The molecule has 0 spiro atoms. The first kappa shape index (κ1) is 14.5. The summed E-state index contributed by atoms with van der Waals surface area (Å²) in [4.78, 5) is 20.9. The molecule has 4 rings (SSSR count). The summed E-state index contributed by atoms with van der Waals surface area (Å²) in [6.07, 6.45) is 6.90. The molecule has 3 aromatic rings. The van der Waals surface area contributed by atoms with Crippen molar-refractivity contribution >= 4 is 5.91 Å². The topological polar surface area (TPSA) is 80.9 Å². The van der Waals surface area contributed by atoms with E-state index in [9.17, 15) is 4.79 Å². The Hall–Kier alpha value is -3.05. The van der Waals surface area contributed by atoms with Crippen LogP contribution in [0.5, 0.6) is 0 Å². The van der Waals surface area contributed by atoms with Crippen molar-refractivity contribution in [1.29, 1.82) is 0 Å². The van der Waals surface area contributed by atoms with Crippen molar-refractivity contribution in [3.05, 3.63) is 95.6 Å². The van der Waals surface area contributed by atoms with E-state index in [4.69, 9.17) is 5.73 Å². The van der Waals surface area contributed by atoms with Crippen molar-refractivity contribution in [3.63, 3.8) is 0 Å². The van der Waals surface area contributed by atoms with Gasteiger partial charge in [0.15, 0.2) is 0 Å². The van der Waals surface area contributed by atoms with E-state index >= 15 is 0 Å². The van der Waals surface area contributed by atoms with Crippen LogP contribution in [0.15, 0.2) is 73.3 Å². The lowest BCUT2D eigenvalue weighted by Crippen LogP contribution is -2.55. The summed E-state index contributed by atoms with van der Waals surface area (Å²) in [5.74, 6) is -0.206. The number of carbonyl (C=O) groups is 1. The molecular weight excluding hydrogens is 300 g/mol. The van der Waals surface area contributed by atoms with Gasteiger partial charge in [-0.1, -0.05) is 24.3 Å². The van der Waals surface area contributed by atoms with Crippen molar-refractivity contribution in [2.75, 3.05) is 0 Å². The maximum atomic E-state index is 12.7. The lowest BCUT2D eigenvalue weighted by molar-refractivity contribution is -0.124. The number of rotatable bonds is 2. The van der Waals surface area contributed by atoms with Crippen LogP contribution in [0.2, 0.25) is 0 Å². The minimum Gasteiger partial charge on any atom is -0.337 e. The zero-order valence-electron chi connectivity index (χ0n) is 12.9. The smallest absolute Gasteiger partial charge is 0.242 e.